The highest BCUT2D eigenvalue weighted by atomic mass is 16.6. The molecule has 0 saturated carbocycles. The molecule has 0 aliphatic heterocycles. The van der Waals surface area contributed by atoms with Crippen molar-refractivity contribution in [2.24, 2.45) is 7.05 Å². The van der Waals surface area contributed by atoms with E-state index < -0.39 is 4.92 Å². The maximum Gasteiger partial charge on any atom is 0.406 e. The van der Waals surface area contributed by atoms with Gasteiger partial charge in [-0.3, -0.25) is 4.57 Å². The summed E-state index contributed by atoms with van der Waals surface area (Å²) in [6, 6.07) is 0. The minimum Gasteiger partial charge on any atom is -0.379 e. The normalized spacial score (nSPS) is 10.2. The molecule has 0 spiro atoms. The first-order valence-electron chi connectivity index (χ1n) is 5.25. The van der Waals surface area contributed by atoms with Crippen molar-refractivity contribution < 1.29 is 9.66 Å². The molecule has 1 aromatic heterocycles. The topological polar surface area (TPSA) is 82.2 Å². The first-order valence-corrected chi connectivity index (χ1v) is 5.25. The maximum atomic E-state index is 10.7. The van der Waals surface area contributed by atoms with Crippen molar-refractivity contribution in [3.63, 3.8) is 0 Å². The largest absolute Gasteiger partial charge is 0.406 e. The summed E-state index contributed by atoms with van der Waals surface area (Å²) in [5.74, 6) is 0.223. The van der Waals surface area contributed by atoms with Crippen LogP contribution in [0.5, 0.6) is 0 Å². The highest BCUT2D eigenvalue weighted by Crippen LogP contribution is 2.20. The quantitative estimate of drug-likeness (QED) is 0.321. The van der Waals surface area contributed by atoms with E-state index in [4.69, 9.17) is 4.74 Å². The molecular weight excluding hydrogens is 224 g/mol. The molecule has 0 fully saturated rings. The van der Waals surface area contributed by atoms with E-state index in [0.29, 0.717) is 25.6 Å². The summed E-state index contributed by atoms with van der Waals surface area (Å²) < 4.78 is 6.85. The Hall–Kier alpha value is -1.89. The third-order valence-corrected chi connectivity index (χ3v) is 2.10. The van der Waals surface area contributed by atoms with Crippen LogP contribution in [0.2, 0.25) is 0 Å². The van der Waals surface area contributed by atoms with Gasteiger partial charge < -0.3 is 20.2 Å². The molecule has 1 aromatic rings. The summed E-state index contributed by atoms with van der Waals surface area (Å²) in [5, 5.41) is 13.6. The van der Waals surface area contributed by atoms with Gasteiger partial charge in [-0.2, -0.15) is 0 Å². The van der Waals surface area contributed by atoms with Crippen LogP contribution in [-0.2, 0) is 11.8 Å². The summed E-state index contributed by atoms with van der Waals surface area (Å²) in [5.41, 5.74) is 0. The van der Waals surface area contributed by atoms with Gasteiger partial charge in [-0.05, 0) is 16.3 Å². The lowest BCUT2D eigenvalue weighted by atomic mass is 10.4. The number of imidazole rings is 1. The Kier molecular flexibility index (Phi) is 5.15. The standard InChI is InChI=1S/C10H16N4O3/c1-3-4-6-17-7-5-11-9-10(14(15)16)12-8-13(9)2/h3,8,11H,1,4-7H2,2H3. The third kappa shape index (κ3) is 3.87. The van der Waals surface area contributed by atoms with Crippen LogP contribution in [0.1, 0.15) is 6.42 Å². The Morgan fingerprint density at radius 2 is 2.47 bits per heavy atom. The Labute approximate surface area is 99.3 Å². The van der Waals surface area contributed by atoms with Crippen molar-refractivity contribution in [1.82, 2.24) is 9.55 Å². The van der Waals surface area contributed by atoms with Gasteiger partial charge in [-0.25, -0.2) is 0 Å². The molecule has 0 amide bonds. The number of aryl methyl sites for hydroxylation is 1. The van der Waals surface area contributed by atoms with Gasteiger partial charge >= 0.3 is 5.82 Å². The second-order valence-electron chi connectivity index (χ2n) is 3.40. The minimum atomic E-state index is -0.513. The molecular formula is C10H16N4O3. The van der Waals surface area contributed by atoms with Crippen LogP contribution in [0.25, 0.3) is 0 Å². The van der Waals surface area contributed by atoms with E-state index in [0.717, 1.165) is 6.42 Å². The van der Waals surface area contributed by atoms with E-state index in [-0.39, 0.29) is 5.82 Å². The Balaban J connectivity index is 2.38. The van der Waals surface area contributed by atoms with Crippen molar-refractivity contribution in [3.8, 4) is 0 Å². The van der Waals surface area contributed by atoms with E-state index in [1.54, 1.807) is 17.7 Å². The number of nitrogens with zero attached hydrogens (tertiary/aromatic N) is 3. The number of ether oxygens (including phenoxy) is 1. The Bertz CT molecular complexity index is 389. The molecule has 0 aliphatic carbocycles. The molecule has 0 unspecified atom stereocenters. The molecule has 0 bridgehead atoms. The first-order chi connectivity index (χ1) is 8.16. The van der Waals surface area contributed by atoms with Gasteiger partial charge in [0.1, 0.15) is 0 Å². The smallest absolute Gasteiger partial charge is 0.379 e. The molecule has 7 nitrogen and oxygen atoms in total. The van der Waals surface area contributed by atoms with E-state index in [1.807, 2.05) is 0 Å². The van der Waals surface area contributed by atoms with Crippen molar-refractivity contribution in [2.75, 3.05) is 25.1 Å². The van der Waals surface area contributed by atoms with Crippen LogP contribution >= 0.6 is 0 Å². The SMILES string of the molecule is C=CCCOCCNc1c([N+](=O)[O-])ncn1C. The lowest BCUT2D eigenvalue weighted by molar-refractivity contribution is -0.388. The molecule has 1 rings (SSSR count). The highest BCUT2D eigenvalue weighted by molar-refractivity contribution is 5.51. The summed E-state index contributed by atoms with van der Waals surface area (Å²) in [6.07, 6.45) is 3.98. The molecule has 0 radical (unpaired) electrons. The Morgan fingerprint density at radius 3 is 3.12 bits per heavy atom. The number of anilines is 1. The van der Waals surface area contributed by atoms with E-state index in [9.17, 15) is 10.1 Å². The van der Waals surface area contributed by atoms with Gasteiger partial charge in [0.05, 0.1) is 13.2 Å². The first kappa shape index (κ1) is 13.2. The van der Waals surface area contributed by atoms with Gasteiger partial charge in [0.2, 0.25) is 12.1 Å². The number of nitrogens with one attached hydrogen (secondary N) is 1. The predicted molar refractivity (Wildman–Crippen MR) is 64.0 cm³/mol. The summed E-state index contributed by atoms with van der Waals surface area (Å²) in [7, 11) is 1.70. The lowest BCUT2D eigenvalue weighted by Gasteiger charge is -2.06. The lowest BCUT2D eigenvalue weighted by Crippen LogP contribution is -2.12. The average Bonchev–Trinajstić information content (AvgIpc) is 2.65. The van der Waals surface area contributed by atoms with Gasteiger partial charge in [-0.1, -0.05) is 6.08 Å². The average molecular weight is 240 g/mol. The minimum absolute atomic E-state index is 0.168. The zero-order chi connectivity index (χ0) is 12.7. The van der Waals surface area contributed by atoms with Crippen molar-refractivity contribution in [1.29, 1.82) is 0 Å². The summed E-state index contributed by atoms with van der Waals surface area (Å²) >= 11 is 0. The molecule has 0 aliphatic rings. The number of rotatable bonds is 8. The fourth-order valence-electron chi connectivity index (χ4n) is 1.27. The number of nitro groups is 1. The molecule has 7 heteroatoms. The molecule has 1 heterocycles. The van der Waals surface area contributed by atoms with Gasteiger partial charge in [0.25, 0.3) is 0 Å². The predicted octanol–water partition coefficient (Wildman–Crippen LogP) is 1.33. The molecule has 0 saturated heterocycles. The summed E-state index contributed by atoms with van der Waals surface area (Å²) in [6.45, 7) is 5.17. The third-order valence-electron chi connectivity index (χ3n) is 2.10. The van der Waals surface area contributed by atoms with Crippen LogP contribution in [0.3, 0.4) is 0 Å². The number of hydrogen-bond acceptors (Lipinski definition) is 5. The van der Waals surface area contributed by atoms with Crippen molar-refractivity contribution >= 4 is 11.6 Å². The Morgan fingerprint density at radius 1 is 1.71 bits per heavy atom. The van der Waals surface area contributed by atoms with Crippen molar-refractivity contribution in [3.05, 3.63) is 29.1 Å². The number of hydrogen-bond donors (Lipinski definition) is 1. The van der Waals surface area contributed by atoms with E-state index >= 15 is 0 Å². The fraction of sp³-hybridized carbons (Fsp3) is 0.500. The molecule has 17 heavy (non-hydrogen) atoms. The second kappa shape index (κ2) is 6.64. The molecule has 94 valence electrons. The van der Waals surface area contributed by atoms with Crippen LogP contribution in [0, 0.1) is 10.1 Å². The van der Waals surface area contributed by atoms with E-state index in [1.165, 1.54) is 6.33 Å². The molecule has 0 atom stereocenters. The zero-order valence-corrected chi connectivity index (χ0v) is 9.76. The zero-order valence-electron chi connectivity index (χ0n) is 9.76. The van der Waals surface area contributed by atoms with Crippen LogP contribution < -0.4 is 5.32 Å². The monoisotopic (exact) mass is 240 g/mol. The van der Waals surface area contributed by atoms with E-state index in [2.05, 4.69) is 16.9 Å². The summed E-state index contributed by atoms with van der Waals surface area (Å²) in [4.78, 5) is 13.8. The highest BCUT2D eigenvalue weighted by Gasteiger charge is 2.18. The van der Waals surface area contributed by atoms with Crippen molar-refractivity contribution in [2.45, 2.75) is 6.42 Å². The van der Waals surface area contributed by atoms with Gasteiger partial charge in [0, 0.05) is 13.6 Å². The van der Waals surface area contributed by atoms with Crippen LogP contribution in [0.15, 0.2) is 19.0 Å². The fourth-order valence-corrected chi connectivity index (χ4v) is 1.27. The second-order valence-corrected chi connectivity index (χ2v) is 3.40. The number of aromatic nitrogens is 2. The van der Waals surface area contributed by atoms with Gasteiger partial charge in [-0.15, -0.1) is 6.58 Å². The maximum absolute atomic E-state index is 10.7. The molecule has 0 aromatic carbocycles. The van der Waals surface area contributed by atoms with Crippen LogP contribution in [0.4, 0.5) is 11.6 Å². The van der Waals surface area contributed by atoms with Gasteiger partial charge in [0.15, 0.2) is 0 Å². The molecule has 1 N–H and O–H groups in total. The van der Waals surface area contributed by atoms with Crippen LogP contribution in [-0.4, -0.2) is 34.2 Å².